The Labute approximate surface area is 240 Å². The van der Waals surface area contributed by atoms with Crippen molar-refractivity contribution in [2.75, 3.05) is 32.7 Å². The number of piperidine rings is 2. The monoisotopic (exact) mass is 594 g/mol. The van der Waals surface area contributed by atoms with Crippen molar-refractivity contribution in [1.29, 1.82) is 0 Å². The van der Waals surface area contributed by atoms with Crippen LogP contribution in [-0.4, -0.2) is 72.5 Å². The van der Waals surface area contributed by atoms with Crippen molar-refractivity contribution >= 4 is 74.4 Å². The van der Waals surface area contributed by atoms with Crippen LogP contribution in [0.15, 0.2) is 23.6 Å². The van der Waals surface area contributed by atoms with Crippen LogP contribution in [0, 0.1) is 11.8 Å². The highest BCUT2D eigenvalue weighted by molar-refractivity contribution is 7.18. The van der Waals surface area contributed by atoms with Crippen LogP contribution in [0.3, 0.4) is 0 Å². The lowest BCUT2D eigenvalue weighted by Crippen LogP contribution is -2.50. The van der Waals surface area contributed by atoms with Gasteiger partial charge in [-0.05, 0) is 73.3 Å². The number of likely N-dealkylation sites (tertiary alicyclic amines) is 1. The van der Waals surface area contributed by atoms with E-state index in [-0.39, 0.29) is 42.5 Å². The standard InChI is InChI=1S/C27H32Cl2N4O5S/c28-23-18(13-19-7-12-39-25(19)24(23)29)1-2-21(34)33-10-5-17(6-11-33)27(38)32-20(14-22(35)36)15-31-26(37)16-3-8-30-9-4-16/h1-2,7,12-13,16-17,20,30H,3-6,8-11,14-15H2,(H,31,37)(H,32,38)(H,35,36)/b2-1+/t20-/m1/s1. The van der Waals surface area contributed by atoms with Crippen molar-refractivity contribution in [3.05, 3.63) is 39.2 Å². The van der Waals surface area contributed by atoms with E-state index in [1.165, 1.54) is 17.4 Å². The van der Waals surface area contributed by atoms with Gasteiger partial charge in [-0.3, -0.25) is 19.2 Å². The van der Waals surface area contributed by atoms with Gasteiger partial charge in [0, 0.05) is 37.5 Å². The van der Waals surface area contributed by atoms with E-state index in [0.717, 1.165) is 36.0 Å². The molecule has 0 radical (unpaired) electrons. The molecule has 0 saturated carbocycles. The molecule has 1 atom stereocenters. The first-order valence-electron chi connectivity index (χ1n) is 13.1. The summed E-state index contributed by atoms with van der Waals surface area (Å²) in [6.07, 6.45) is 5.22. The van der Waals surface area contributed by atoms with Gasteiger partial charge in [-0.25, -0.2) is 0 Å². The lowest BCUT2D eigenvalue weighted by Gasteiger charge is -2.31. The van der Waals surface area contributed by atoms with E-state index >= 15 is 0 Å². The summed E-state index contributed by atoms with van der Waals surface area (Å²) in [7, 11) is 0. The van der Waals surface area contributed by atoms with Gasteiger partial charge >= 0.3 is 5.97 Å². The van der Waals surface area contributed by atoms with E-state index in [0.29, 0.717) is 41.5 Å². The number of nitrogens with zero attached hydrogens (tertiary/aromatic N) is 1. The van der Waals surface area contributed by atoms with Crippen molar-refractivity contribution in [3.8, 4) is 0 Å². The summed E-state index contributed by atoms with van der Waals surface area (Å²) in [5, 5.41) is 21.9. The maximum atomic E-state index is 12.9. The number of thiophene rings is 1. The topological polar surface area (TPSA) is 128 Å². The number of nitrogens with one attached hydrogen (secondary N) is 3. The van der Waals surface area contributed by atoms with Crippen molar-refractivity contribution < 1.29 is 24.3 Å². The number of aliphatic carboxylic acids is 1. The zero-order valence-corrected chi connectivity index (χ0v) is 23.7. The van der Waals surface area contributed by atoms with Crippen molar-refractivity contribution in [3.63, 3.8) is 0 Å². The molecule has 0 spiro atoms. The summed E-state index contributed by atoms with van der Waals surface area (Å²) in [6, 6.07) is 3.13. The Hall–Kier alpha value is -2.66. The SMILES string of the molecule is O=C(O)C[C@H](CNC(=O)C1CCNCC1)NC(=O)C1CCN(C(=O)/C=C/c2cc3ccsc3c(Cl)c2Cl)CC1. The zero-order valence-electron chi connectivity index (χ0n) is 21.4. The Kier molecular flexibility index (Phi) is 10.2. The Morgan fingerprint density at radius 2 is 1.77 bits per heavy atom. The van der Waals surface area contributed by atoms with E-state index in [1.807, 2.05) is 17.5 Å². The number of carbonyl (C=O) groups excluding carboxylic acids is 3. The highest BCUT2D eigenvalue weighted by atomic mass is 35.5. The second-order valence-corrected chi connectivity index (χ2v) is 11.6. The van der Waals surface area contributed by atoms with E-state index in [4.69, 9.17) is 23.2 Å². The summed E-state index contributed by atoms with van der Waals surface area (Å²) in [4.78, 5) is 51.2. The number of benzene rings is 1. The summed E-state index contributed by atoms with van der Waals surface area (Å²) in [5.74, 6) is -2.05. The number of halogens is 2. The van der Waals surface area contributed by atoms with Gasteiger partial charge in [0.15, 0.2) is 0 Å². The normalized spacial score (nSPS) is 17.8. The molecule has 12 heteroatoms. The molecule has 3 amide bonds. The Balaban J connectivity index is 1.27. The molecular weight excluding hydrogens is 563 g/mol. The average Bonchev–Trinajstić information content (AvgIpc) is 3.41. The molecule has 2 aromatic rings. The number of hydrogen-bond acceptors (Lipinski definition) is 6. The lowest BCUT2D eigenvalue weighted by molar-refractivity contribution is -0.138. The van der Waals surface area contributed by atoms with E-state index in [2.05, 4.69) is 16.0 Å². The number of carboxylic acids is 1. The molecule has 1 aromatic carbocycles. The van der Waals surface area contributed by atoms with Crippen LogP contribution in [-0.2, 0) is 19.2 Å². The first-order valence-corrected chi connectivity index (χ1v) is 14.7. The van der Waals surface area contributed by atoms with Gasteiger partial charge in [0.05, 0.1) is 27.2 Å². The van der Waals surface area contributed by atoms with Crippen LogP contribution in [0.2, 0.25) is 10.0 Å². The number of hydrogen-bond donors (Lipinski definition) is 4. The van der Waals surface area contributed by atoms with Crippen LogP contribution in [0.25, 0.3) is 16.2 Å². The predicted molar refractivity (Wildman–Crippen MR) is 153 cm³/mol. The first-order chi connectivity index (χ1) is 18.7. The third kappa shape index (κ3) is 7.72. The lowest BCUT2D eigenvalue weighted by atomic mass is 9.95. The molecule has 0 aliphatic carbocycles. The number of fused-ring (bicyclic) bond motifs is 1. The molecule has 4 N–H and O–H groups in total. The number of carboxylic acid groups (broad SMARTS) is 1. The highest BCUT2D eigenvalue weighted by Gasteiger charge is 2.29. The zero-order chi connectivity index (χ0) is 27.9. The molecule has 2 aliphatic rings. The highest BCUT2D eigenvalue weighted by Crippen LogP contribution is 2.37. The predicted octanol–water partition coefficient (Wildman–Crippen LogP) is 3.54. The Bertz CT molecular complexity index is 1250. The molecule has 210 valence electrons. The van der Waals surface area contributed by atoms with Gasteiger partial charge in [-0.1, -0.05) is 23.2 Å². The van der Waals surface area contributed by atoms with Gasteiger partial charge in [-0.15, -0.1) is 11.3 Å². The van der Waals surface area contributed by atoms with Gasteiger partial charge in [-0.2, -0.15) is 0 Å². The molecule has 2 fully saturated rings. The third-order valence-electron chi connectivity index (χ3n) is 7.24. The molecule has 2 aliphatic heterocycles. The minimum absolute atomic E-state index is 0.0622. The maximum Gasteiger partial charge on any atom is 0.305 e. The summed E-state index contributed by atoms with van der Waals surface area (Å²) < 4.78 is 0.903. The fourth-order valence-corrected chi connectivity index (χ4v) is 6.41. The number of rotatable bonds is 9. The Morgan fingerprint density at radius 3 is 2.46 bits per heavy atom. The molecule has 0 unspecified atom stereocenters. The van der Waals surface area contributed by atoms with Crippen LogP contribution in [0.4, 0.5) is 0 Å². The molecule has 0 bridgehead atoms. The Morgan fingerprint density at radius 1 is 1.08 bits per heavy atom. The van der Waals surface area contributed by atoms with Crippen molar-refractivity contribution in [2.24, 2.45) is 11.8 Å². The molecule has 9 nitrogen and oxygen atoms in total. The molecule has 4 rings (SSSR count). The third-order valence-corrected chi connectivity index (χ3v) is 9.18. The fraction of sp³-hybridized carbons (Fsp3) is 0.481. The minimum atomic E-state index is -1.05. The molecule has 3 heterocycles. The van der Waals surface area contributed by atoms with Gasteiger partial charge in [0.1, 0.15) is 0 Å². The van der Waals surface area contributed by atoms with E-state index < -0.39 is 12.0 Å². The van der Waals surface area contributed by atoms with E-state index in [9.17, 15) is 24.3 Å². The van der Waals surface area contributed by atoms with Gasteiger partial charge in [0.25, 0.3) is 0 Å². The van der Waals surface area contributed by atoms with Crippen molar-refractivity contribution in [2.45, 2.75) is 38.1 Å². The molecule has 39 heavy (non-hydrogen) atoms. The van der Waals surface area contributed by atoms with Crippen LogP contribution in [0.5, 0.6) is 0 Å². The van der Waals surface area contributed by atoms with Crippen LogP contribution >= 0.6 is 34.5 Å². The number of carbonyl (C=O) groups is 4. The van der Waals surface area contributed by atoms with Crippen molar-refractivity contribution in [1.82, 2.24) is 20.9 Å². The van der Waals surface area contributed by atoms with Gasteiger partial charge < -0.3 is 26.0 Å². The molecule has 1 aromatic heterocycles. The van der Waals surface area contributed by atoms with Crippen LogP contribution < -0.4 is 16.0 Å². The molecule has 2 saturated heterocycles. The quantitative estimate of drug-likeness (QED) is 0.329. The van der Waals surface area contributed by atoms with Gasteiger partial charge in [0.2, 0.25) is 17.7 Å². The smallest absolute Gasteiger partial charge is 0.305 e. The first kappa shape index (κ1) is 29.3. The minimum Gasteiger partial charge on any atom is -0.481 e. The summed E-state index contributed by atoms with van der Waals surface area (Å²) >= 11 is 14.3. The maximum absolute atomic E-state index is 12.9. The largest absolute Gasteiger partial charge is 0.481 e. The van der Waals surface area contributed by atoms with Crippen LogP contribution in [0.1, 0.15) is 37.7 Å². The second-order valence-electron chi connectivity index (χ2n) is 9.94. The summed E-state index contributed by atoms with van der Waals surface area (Å²) in [6.45, 7) is 2.41. The fourth-order valence-electron chi connectivity index (χ4n) is 4.97. The van der Waals surface area contributed by atoms with E-state index in [1.54, 1.807) is 11.0 Å². The number of amides is 3. The summed E-state index contributed by atoms with van der Waals surface area (Å²) in [5.41, 5.74) is 0.659. The molecular formula is C27H32Cl2N4O5S. The average molecular weight is 596 g/mol. The second kappa shape index (κ2) is 13.6.